The standard InChI is InChI=1S/C20H19N5S/c21-18-19(22-11-10-15-7-4-12-26-15)23-13-24-20(18)25-17-9-3-6-14-5-1-2-8-16(14)17/h1-9,12-13H,10-11,21H2,(H2,22,23,24,25). The molecule has 0 spiro atoms. The fourth-order valence-corrected chi connectivity index (χ4v) is 3.57. The number of rotatable bonds is 6. The Kier molecular flexibility index (Phi) is 4.66. The summed E-state index contributed by atoms with van der Waals surface area (Å²) in [5.41, 5.74) is 7.78. The van der Waals surface area contributed by atoms with Gasteiger partial charge in [0.05, 0.1) is 0 Å². The van der Waals surface area contributed by atoms with Gasteiger partial charge in [0.2, 0.25) is 0 Å². The van der Waals surface area contributed by atoms with Crippen LogP contribution in [0.15, 0.2) is 66.3 Å². The number of benzene rings is 2. The molecule has 0 fully saturated rings. The molecule has 0 aliphatic rings. The van der Waals surface area contributed by atoms with Crippen molar-refractivity contribution in [3.05, 3.63) is 71.2 Å². The molecule has 2 heterocycles. The molecule has 0 aliphatic heterocycles. The summed E-state index contributed by atoms with van der Waals surface area (Å²) >= 11 is 1.75. The number of nitrogens with one attached hydrogen (secondary N) is 2. The van der Waals surface area contributed by atoms with E-state index in [0.29, 0.717) is 17.3 Å². The van der Waals surface area contributed by atoms with Crippen molar-refractivity contribution in [2.45, 2.75) is 6.42 Å². The van der Waals surface area contributed by atoms with Crippen LogP contribution in [0.5, 0.6) is 0 Å². The summed E-state index contributed by atoms with van der Waals surface area (Å²) in [6.07, 6.45) is 2.46. The van der Waals surface area contributed by atoms with Gasteiger partial charge in [0.1, 0.15) is 12.0 Å². The quantitative estimate of drug-likeness (QED) is 0.465. The van der Waals surface area contributed by atoms with Crippen LogP contribution in [-0.4, -0.2) is 16.5 Å². The third-order valence-electron chi connectivity index (χ3n) is 4.17. The average molecular weight is 361 g/mol. The summed E-state index contributed by atoms with van der Waals surface area (Å²) in [5.74, 6) is 1.26. The lowest BCUT2D eigenvalue weighted by Crippen LogP contribution is -2.10. The third-order valence-corrected chi connectivity index (χ3v) is 5.11. The van der Waals surface area contributed by atoms with Gasteiger partial charge in [-0.1, -0.05) is 42.5 Å². The number of nitrogen functional groups attached to an aromatic ring is 1. The molecule has 0 saturated heterocycles. The summed E-state index contributed by atoms with van der Waals surface area (Å²) in [7, 11) is 0. The smallest absolute Gasteiger partial charge is 0.159 e. The molecule has 2 aromatic carbocycles. The first-order valence-corrected chi connectivity index (χ1v) is 9.31. The summed E-state index contributed by atoms with van der Waals surface area (Å²) in [5, 5.41) is 11.0. The van der Waals surface area contributed by atoms with Gasteiger partial charge in [-0.15, -0.1) is 11.3 Å². The van der Waals surface area contributed by atoms with Crippen LogP contribution in [0.25, 0.3) is 10.8 Å². The maximum atomic E-state index is 6.29. The maximum Gasteiger partial charge on any atom is 0.159 e. The first-order valence-electron chi connectivity index (χ1n) is 8.43. The lowest BCUT2D eigenvalue weighted by molar-refractivity contribution is 1.02. The highest BCUT2D eigenvalue weighted by molar-refractivity contribution is 7.09. The Morgan fingerprint density at radius 3 is 2.65 bits per heavy atom. The molecule has 4 aromatic rings. The van der Waals surface area contributed by atoms with E-state index in [1.807, 2.05) is 24.3 Å². The highest BCUT2D eigenvalue weighted by Gasteiger charge is 2.09. The molecule has 0 unspecified atom stereocenters. The second kappa shape index (κ2) is 7.41. The van der Waals surface area contributed by atoms with Crippen LogP contribution in [0.4, 0.5) is 23.0 Å². The Hall–Kier alpha value is -3.12. The largest absolute Gasteiger partial charge is 0.393 e. The van der Waals surface area contributed by atoms with Gasteiger partial charge in [0.25, 0.3) is 0 Å². The molecule has 0 amide bonds. The Labute approximate surface area is 155 Å². The van der Waals surface area contributed by atoms with E-state index in [1.54, 1.807) is 11.3 Å². The van der Waals surface area contributed by atoms with Crippen molar-refractivity contribution < 1.29 is 0 Å². The molecule has 4 rings (SSSR count). The molecular weight excluding hydrogens is 342 g/mol. The molecule has 0 radical (unpaired) electrons. The summed E-state index contributed by atoms with van der Waals surface area (Å²) in [6, 6.07) is 18.5. The molecule has 0 atom stereocenters. The van der Waals surface area contributed by atoms with Gasteiger partial charge < -0.3 is 16.4 Å². The van der Waals surface area contributed by atoms with Crippen LogP contribution in [0, 0.1) is 0 Å². The number of nitrogens with zero attached hydrogens (tertiary/aromatic N) is 2. The normalized spacial score (nSPS) is 10.8. The molecule has 6 heteroatoms. The van der Waals surface area contributed by atoms with Gasteiger partial charge in [-0.25, -0.2) is 9.97 Å². The van der Waals surface area contributed by atoms with Gasteiger partial charge in [0.15, 0.2) is 11.6 Å². The van der Waals surface area contributed by atoms with Crippen molar-refractivity contribution in [1.82, 2.24) is 9.97 Å². The zero-order chi connectivity index (χ0) is 17.8. The number of anilines is 4. The van der Waals surface area contributed by atoms with E-state index < -0.39 is 0 Å². The molecule has 26 heavy (non-hydrogen) atoms. The molecule has 5 nitrogen and oxygen atoms in total. The van der Waals surface area contributed by atoms with Crippen LogP contribution in [0.2, 0.25) is 0 Å². The molecule has 0 saturated carbocycles. The molecular formula is C20H19N5S. The SMILES string of the molecule is Nc1c(NCCc2cccs2)ncnc1Nc1cccc2ccccc12. The van der Waals surface area contributed by atoms with Crippen molar-refractivity contribution >= 4 is 45.1 Å². The van der Waals surface area contributed by atoms with Crippen molar-refractivity contribution in [2.24, 2.45) is 0 Å². The maximum absolute atomic E-state index is 6.29. The zero-order valence-electron chi connectivity index (χ0n) is 14.1. The van der Waals surface area contributed by atoms with E-state index in [0.717, 1.165) is 24.0 Å². The Morgan fingerprint density at radius 2 is 1.77 bits per heavy atom. The van der Waals surface area contributed by atoms with Crippen LogP contribution < -0.4 is 16.4 Å². The lowest BCUT2D eigenvalue weighted by Gasteiger charge is -2.13. The van der Waals surface area contributed by atoms with Crippen LogP contribution in [-0.2, 0) is 6.42 Å². The van der Waals surface area contributed by atoms with E-state index in [9.17, 15) is 0 Å². The second-order valence-corrected chi connectivity index (χ2v) is 6.92. The summed E-state index contributed by atoms with van der Waals surface area (Å²) in [6.45, 7) is 0.773. The fraction of sp³-hybridized carbons (Fsp3) is 0.100. The fourth-order valence-electron chi connectivity index (χ4n) is 2.86. The number of hydrogen-bond donors (Lipinski definition) is 3. The van der Waals surface area contributed by atoms with Gasteiger partial charge in [-0.2, -0.15) is 0 Å². The number of hydrogen-bond acceptors (Lipinski definition) is 6. The van der Waals surface area contributed by atoms with Crippen molar-refractivity contribution in [3.8, 4) is 0 Å². The first-order chi connectivity index (χ1) is 12.8. The van der Waals surface area contributed by atoms with Crippen molar-refractivity contribution in [1.29, 1.82) is 0 Å². The van der Waals surface area contributed by atoms with E-state index in [4.69, 9.17) is 5.73 Å². The van der Waals surface area contributed by atoms with E-state index >= 15 is 0 Å². The summed E-state index contributed by atoms with van der Waals surface area (Å²) < 4.78 is 0. The van der Waals surface area contributed by atoms with Gasteiger partial charge >= 0.3 is 0 Å². The number of thiophene rings is 1. The van der Waals surface area contributed by atoms with Gasteiger partial charge in [-0.05, 0) is 29.3 Å². The van der Waals surface area contributed by atoms with Crippen LogP contribution >= 0.6 is 11.3 Å². The molecule has 0 aliphatic carbocycles. The third kappa shape index (κ3) is 3.45. The molecule has 2 aromatic heterocycles. The molecule has 0 bridgehead atoms. The number of aromatic nitrogens is 2. The minimum Gasteiger partial charge on any atom is -0.393 e. The number of fused-ring (bicyclic) bond motifs is 1. The van der Waals surface area contributed by atoms with Crippen LogP contribution in [0.3, 0.4) is 0 Å². The van der Waals surface area contributed by atoms with Gasteiger partial charge in [0, 0.05) is 22.5 Å². The van der Waals surface area contributed by atoms with Gasteiger partial charge in [-0.3, -0.25) is 0 Å². The Bertz CT molecular complexity index is 1010. The minimum atomic E-state index is 0.520. The van der Waals surface area contributed by atoms with Crippen LogP contribution in [0.1, 0.15) is 4.88 Å². The predicted molar refractivity (Wildman–Crippen MR) is 110 cm³/mol. The van der Waals surface area contributed by atoms with E-state index in [1.165, 1.54) is 16.6 Å². The average Bonchev–Trinajstić information content (AvgIpc) is 3.18. The van der Waals surface area contributed by atoms with E-state index in [2.05, 4.69) is 56.3 Å². The second-order valence-electron chi connectivity index (χ2n) is 5.89. The highest BCUT2D eigenvalue weighted by Crippen LogP contribution is 2.30. The Balaban J connectivity index is 1.53. The molecule has 4 N–H and O–H groups in total. The Morgan fingerprint density at radius 1 is 0.923 bits per heavy atom. The lowest BCUT2D eigenvalue weighted by atomic mass is 10.1. The minimum absolute atomic E-state index is 0.520. The summed E-state index contributed by atoms with van der Waals surface area (Å²) in [4.78, 5) is 9.92. The monoisotopic (exact) mass is 361 g/mol. The highest BCUT2D eigenvalue weighted by atomic mass is 32.1. The van der Waals surface area contributed by atoms with Crippen molar-refractivity contribution in [2.75, 3.05) is 22.9 Å². The predicted octanol–water partition coefficient (Wildman–Crippen LogP) is 4.67. The van der Waals surface area contributed by atoms with Crippen molar-refractivity contribution in [3.63, 3.8) is 0 Å². The molecule has 130 valence electrons. The topological polar surface area (TPSA) is 75.9 Å². The zero-order valence-corrected chi connectivity index (χ0v) is 15.0. The first kappa shape index (κ1) is 16.4. The number of nitrogens with two attached hydrogens (primary N) is 1. The van der Waals surface area contributed by atoms with E-state index in [-0.39, 0.29) is 0 Å².